The summed E-state index contributed by atoms with van der Waals surface area (Å²) in [5.74, 6) is 1.90. The highest BCUT2D eigenvalue weighted by molar-refractivity contribution is 5.77. The lowest BCUT2D eigenvalue weighted by Gasteiger charge is -2.18. The van der Waals surface area contributed by atoms with Crippen LogP contribution in [0.2, 0.25) is 0 Å². The molecule has 1 aliphatic rings. The van der Waals surface area contributed by atoms with Crippen molar-refractivity contribution in [2.75, 3.05) is 13.7 Å². The van der Waals surface area contributed by atoms with Gasteiger partial charge in [0.25, 0.3) is 0 Å². The Bertz CT molecular complexity index is 539. The van der Waals surface area contributed by atoms with E-state index < -0.39 is 0 Å². The first-order chi connectivity index (χ1) is 10.6. The minimum absolute atomic E-state index is 0.0533. The van der Waals surface area contributed by atoms with Crippen LogP contribution in [-0.2, 0) is 4.79 Å². The zero-order valence-electron chi connectivity index (χ0n) is 13.6. The van der Waals surface area contributed by atoms with Crippen LogP contribution in [0.3, 0.4) is 0 Å². The van der Waals surface area contributed by atoms with Crippen molar-refractivity contribution in [3.8, 4) is 11.5 Å². The van der Waals surface area contributed by atoms with Crippen LogP contribution in [0, 0.1) is 5.92 Å². The Morgan fingerprint density at radius 1 is 1.41 bits per heavy atom. The molecular formula is C18H25NO3. The van der Waals surface area contributed by atoms with Gasteiger partial charge in [-0.05, 0) is 50.3 Å². The Kier molecular flexibility index (Phi) is 5.87. The summed E-state index contributed by atoms with van der Waals surface area (Å²) in [7, 11) is 1.62. The van der Waals surface area contributed by atoms with Crippen molar-refractivity contribution in [2.45, 2.75) is 39.2 Å². The number of carbonyl (C=O) groups excluding carboxylic acids is 1. The fourth-order valence-corrected chi connectivity index (χ4v) is 2.72. The Labute approximate surface area is 132 Å². The lowest BCUT2D eigenvalue weighted by Crippen LogP contribution is -2.27. The largest absolute Gasteiger partial charge is 0.493 e. The Balaban J connectivity index is 1.97. The average Bonchev–Trinajstić information content (AvgIpc) is 3.00. The maximum absolute atomic E-state index is 12.1. The van der Waals surface area contributed by atoms with Gasteiger partial charge in [-0.2, -0.15) is 0 Å². The molecule has 22 heavy (non-hydrogen) atoms. The van der Waals surface area contributed by atoms with Crippen molar-refractivity contribution in [3.63, 3.8) is 0 Å². The molecule has 0 bridgehead atoms. The zero-order valence-corrected chi connectivity index (χ0v) is 13.6. The van der Waals surface area contributed by atoms with E-state index in [4.69, 9.17) is 9.47 Å². The SMILES string of the molecule is CCOc1ccc([C@H](C)NC(=O)C[C@H]2C=CCC2)cc1OC. The van der Waals surface area contributed by atoms with Crippen molar-refractivity contribution in [3.05, 3.63) is 35.9 Å². The van der Waals surface area contributed by atoms with Crippen LogP contribution in [0.25, 0.3) is 0 Å². The first-order valence-corrected chi connectivity index (χ1v) is 7.90. The fourth-order valence-electron chi connectivity index (χ4n) is 2.72. The molecule has 1 amide bonds. The first kappa shape index (κ1) is 16.4. The number of methoxy groups -OCH3 is 1. The zero-order chi connectivity index (χ0) is 15.9. The summed E-state index contributed by atoms with van der Waals surface area (Å²) in [5, 5.41) is 3.06. The molecular weight excluding hydrogens is 278 g/mol. The first-order valence-electron chi connectivity index (χ1n) is 7.90. The molecule has 0 heterocycles. The maximum atomic E-state index is 12.1. The Morgan fingerprint density at radius 3 is 2.86 bits per heavy atom. The highest BCUT2D eigenvalue weighted by Gasteiger charge is 2.17. The average molecular weight is 303 g/mol. The van der Waals surface area contributed by atoms with Crippen molar-refractivity contribution >= 4 is 5.91 Å². The lowest BCUT2D eigenvalue weighted by molar-refractivity contribution is -0.122. The van der Waals surface area contributed by atoms with E-state index in [1.165, 1.54) is 0 Å². The van der Waals surface area contributed by atoms with Crippen molar-refractivity contribution < 1.29 is 14.3 Å². The second kappa shape index (κ2) is 7.87. The smallest absolute Gasteiger partial charge is 0.221 e. The molecule has 0 aliphatic heterocycles. The second-order valence-electron chi connectivity index (χ2n) is 5.60. The summed E-state index contributed by atoms with van der Waals surface area (Å²) >= 11 is 0. The molecule has 1 aliphatic carbocycles. The number of hydrogen-bond acceptors (Lipinski definition) is 3. The van der Waals surface area contributed by atoms with E-state index in [1.54, 1.807) is 7.11 Å². The monoisotopic (exact) mass is 303 g/mol. The number of benzene rings is 1. The van der Waals surface area contributed by atoms with Gasteiger partial charge < -0.3 is 14.8 Å². The summed E-state index contributed by atoms with van der Waals surface area (Å²) in [6.07, 6.45) is 7.03. The highest BCUT2D eigenvalue weighted by atomic mass is 16.5. The standard InChI is InChI=1S/C18H25NO3/c1-4-22-16-10-9-15(12-17(16)21-3)13(2)19-18(20)11-14-7-5-6-8-14/h5,7,9-10,12-14H,4,6,8,11H2,1-3H3,(H,19,20)/t13-,14-/m0/s1. The molecule has 1 N–H and O–H groups in total. The number of rotatable bonds is 7. The molecule has 0 radical (unpaired) electrons. The molecule has 1 aromatic carbocycles. The fraction of sp³-hybridized carbons (Fsp3) is 0.500. The highest BCUT2D eigenvalue weighted by Crippen LogP contribution is 2.30. The summed E-state index contributed by atoms with van der Waals surface area (Å²) in [6, 6.07) is 5.72. The number of allylic oxidation sites excluding steroid dienone is 2. The molecule has 1 aromatic rings. The van der Waals surface area contributed by atoms with Crippen LogP contribution >= 0.6 is 0 Å². The van der Waals surface area contributed by atoms with E-state index in [1.807, 2.05) is 32.0 Å². The van der Waals surface area contributed by atoms with Gasteiger partial charge in [-0.3, -0.25) is 4.79 Å². The van der Waals surface area contributed by atoms with Crippen LogP contribution in [0.15, 0.2) is 30.4 Å². The van der Waals surface area contributed by atoms with E-state index in [9.17, 15) is 4.79 Å². The topological polar surface area (TPSA) is 47.6 Å². The quantitative estimate of drug-likeness (QED) is 0.783. The molecule has 0 saturated carbocycles. The summed E-state index contributed by atoms with van der Waals surface area (Å²) in [6.45, 7) is 4.52. The lowest BCUT2D eigenvalue weighted by atomic mass is 10.0. The van der Waals surface area contributed by atoms with Crippen LogP contribution in [-0.4, -0.2) is 19.6 Å². The van der Waals surface area contributed by atoms with Gasteiger partial charge in [0, 0.05) is 6.42 Å². The van der Waals surface area contributed by atoms with Gasteiger partial charge in [0.15, 0.2) is 11.5 Å². The van der Waals surface area contributed by atoms with Crippen molar-refractivity contribution in [2.24, 2.45) is 5.92 Å². The molecule has 2 rings (SSSR count). The molecule has 0 saturated heterocycles. The number of carbonyl (C=O) groups is 1. The van der Waals surface area contributed by atoms with Gasteiger partial charge in [-0.15, -0.1) is 0 Å². The number of hydrogen-bond donors (Lipinski definition) is 1. The predicted molar refractivity (Wildman–Crippen MR) is 87.2 cm³/mol. The van der Waals surface area contributed by atoms with Gasteiger partial charge >= 0.3 is 0 Å². The van der Waals surface area contributed by atoms with Gasteiger partial charge in [0.05, 0.1) is 19.8 Å². The van der Waals surface area contributed by atoms with Gasteiger partial charge in [-0.25, -0.2) is 0 Å². The summed E-state index contributed by atoms with van der Waals surface area (Å²) < 4.78 is 10.9. The minimum Gasteiger partial charge on any atom is -0.493 e. The Morgan fingerprint density at radius 2 is 2.23 bits per heavy atom. The normalized spacial score (nSPS) is 18.0. The van der Waals surface area contributed by atoms with Crippen LogP contribution in [0.1, 0.15) is 44.7 Å². The number of ether oxygens (including phenoxy) is 2. The third-order valence-corrected chi connectivity index (χ3v) is 3.92. The molecule has 0 unspecified atom stereocenters. The van der Waals surface area contributed by atoms with E-state index in [0.717, 1.165) is 24.2 Å². The van der Waals surface area contributed by atoms with E-state index in [2.05, 4.69) is 17.5 Å². The third-order valence-electron chi connectivity index (χ3n) is 3.92. The molecule has 0 aromatic heterocycles. The molecule has 0 fully saturated rings. The number of amides is 1. The molecule has 4 heteroatoms. The van der Waals surface area contributed by atoms with E-state index in [-0.39, 0.29) is 11.9 Å². The van der Waals surface area contributed by atoms with Gasteiger partial charge in [0.1, 0.15) is 0 Å². The maximum Gasteiger partial charge on any atom is 0.221 e. The minimum atomic E-state index is -0.0533. The predicted octanol–water partition coefficient (Wildman–Crippen LogP) is 3.63. The van der Waals surface area contributed by atoms with E-state index in [0.29, 0.717) is 24.7 Å². The van der Waals surface area contributed by atoms with Crippen LogP contribution in [0.5, 0.6) is 11.5 Å². The molecule has 0 spiro atoms. The second-order valence-corrected chi connectivity index (χ2v) is 5.60. The summed E-state index contributed by atoms with van der Waals surface area (Å²) in [5.41, 5.74) is 1.01. The number of nitrogens with one attached hydrogen (secondary N) is 1. The Hall–Kier alpha value is -1.97. The summed E-state index contributed by atoms with van der Waals surface area (Å²) in [4.78, 5) is 12.1. The van der Waals surface area contributed by atoms with Crippen molar-refractivity contribution in [1.29, 1.82) is 0 Å². The van der Waals surface area contributed by atoms with Gasteiger partial charge in [-0.1, -0.05) is 18.2 Å². The van der Waals surface area contributed by atoms with Crippen LogP contribution in [0.4, 0.5) is 0 Å². The van der Waals surface area contributed by atoms with Crippen molar-refractivity contribution in [1.82, 2.24) is 5.32 Å². The third kappa shape index (κ3) is 4.26. The molecule has 120 valence electrons. The van der Waals surface area contributed by atoms with Crippen LogP contribution < -0.4 is 14.8 Å². The molecule has 2 atom stereocenters. The van der Waals surface area contributed by atoms with Gasteiger partial charge in [0.2, 0.25) is 5.91 Å². The van der Waals surface area contributed by atoms with E-state index >= 15 is 0 Å². The molecule has 4 nitrogen and oxygen atoms in total.